The normalized spacial score (nSPS) is 10.9. The first-order valence-electron chi connectivity index (χ1n) is 3.39. The van der Waals surface area contributed by atoms with Crippen molar-refractivity contribution in [2.45, 2.75) is 13.0 Å². The highest BCUT2D eigenvalue weighted by molar-refractivity contribution is 14.1. The van der Waals surface area contributed by atoms with Gasteiger partial charge in [0.2, 0.25) is 0 Å². The van der Waals surface area contributed by atoms with Gasteiger partial charge in [-0.1, -0.05) is 0 Å². The van der Waals surface area contributed by atoms with E-state index in [4.69, 9.17) is 5.73 Å². The number of aromatic nitrogens is 1. The number of nitrogens with two attached hydrogens (primary N) is 1. The van der Waals surface area contributed by atoms with E-state index in [1.54, 1.807) is 6.07 Å². The van der Waals surface area contributed by atoms with Crippen molar-refractivity contribution >= 4 is 45.2 Å². The molecule has 72 valence electrons. The monoisotopic (exact) mass is 410 g/mol. The topological polar surface area (TPSA) is 38.9 Å². The summed E-state index contributed by atoms with van der Waals surface area (Å²) in [5.74, 6) is 0. The third-order valence-electron chi connectivity index (χ3n) is 1.47. The predicted molar refractivity (Wildman–Crippen MR) is 62.5 cm³/mol. The molecule has 1 heterocycles. The number of halogens is 4. The molecule has 6 heteroatoms. The van der Waals surface area contributed by atoms with Gasteiger partial charge in [-0.3, -0.25) is 0 Å². The molecule has 0 spiro atoms. The van der Waals surface area contributed by atoms with Crippen molar-refractivity contribution in [3.63, 3.8) is 0 Å². The number of hydrogen-bond donors (Lipinski definition) is 1. The minimum absolute atomic E-state index is 0.0384. The Morgan fingerprint density at radius 2 is 2.08 bits per heavy atom. The van der Waals surface area contributed by atoms with Crippen molar-refractivity contribution in [1.29, 1.82) is 0 Å². The number of nitrogens with zero attached hydrogens (tertiary/aromatic N) is 1. The van der Waals surface area contributed by atoms with Crippen molar-refractivity contribution < 1.29 is 8.78 Å². The number of rotatable bonds is 2. The first kappa shape index (κ1) is 11.5. The average Bonchev–Trinajstić information content (AvgIpc) is 2.01. The van der Waals surface area contributed by atoms with Crippen LogP contribution in [0.15, 0.2) is 6.07 Å². The van der Waals surface area contributed by atoms with E-state index in [0.717, 1.165) is 0 Å². The molecule has 0 aliphatic rings. The highest BCUT2D eigenvalue weighted by Gasteiger charge is 2.17. The fourth-order valence-electron chi connectivity index (χ4n) is 0.927. The summed E-state index contributed by atoms with van der Waals surface area (Å²) in [7, 11) is 0. The van der Waals surface area contributed by atoms with Crippen LogP contribution in [0.4, 0.5) is 8.78 Å². The Balaban J connectivity index is 3.30. The molecule has 1 aromatic rings. The Labute approximate surface area is 102 Å². The van der Waals surface area contributed by atoms with Crippen LogP contribution in [-0.4, -0.2) is 4.98 Å². The molecule has 1 aromatic heterocycles. The van der Waals surface area contributed by atoms with E-state index in [1.165, 1.54) is 0 Å². The molecule has 13 heavy (non-hydrogen) atoms. The van der Waals surface area contributed by atoms with Crippen molar-refractivity contribution in [2.75, 3.05) is 0 Å². The summed E-state index contributed by atoms with van der Waals surface area (Å²) < 4.78 is 26.2. The molecule has 1 rings (SSSR count). The van der Waals surface area contributed by atoms with Crippen LogP contribution in [-0.2, 0) is 6.54 Å². The maximum Gasteiger partial charge on any atom is 0.266 e. The molecule has 0 bridgehead atoms. The lowest BCUT2D eigenvalue weighted by Gasteiger charge is -2.08. The molecule has 0 saturated carbocycles. The quantitative estimate of drug-likeness (QED) is 0.602. The molecule has 0 saturated heterocycles. The lowest BCUT2D eigenvalue weighted by atomic mass is 10.2. The molecule has 2 nitrogen and oxygen atoms in total. The van der Waals surface area contributed by atoms with Gasteiger partial charge in [0.1, 0.15) is 3.70 Å². The first-order chi connectivity index (χ1) is 6.06. The Morgan fingerprint density at radius 3 is 2.54 bits per heavy atom. The highest BCUT2D eigenvalue weighted by atomic mass is 127. The molecule has 0 amide bonds. The SMILES string of the molecule is NCc1nc(I)cc(I)c1C(F)F. The van der Waals surface area contributed by atoms with Crippen molar-refractivity contribution in [3.05, 3.63) is 24.6 Å². The van der Waals surface area contributed by atoms with Gasteiger partial charge in [-0.05, 0) is 51.2 Å². The van der Waals surface area contributed by atoms with E-state index in [2.05, 4.69) is 4.98 Å². The van der Waals surface area contributed by atoms with Crippen LogP contribution >= 0.6 is 45.2 Å². The van der Waals surface area contributed by atoms with Gasteiger partial charge in [0.15, 0.2) is 0 Å². The second kappa shape index (κ2) is 4.78. The van der Waals surface area contributed by atoms with E-state index in [-0.39, 0.29) is 17.8 Å². The van der Waals surface area contributed by atoms with Crippen LogP contribution in [0.3, 0.4) is 0 Å². The molecule has 0 atom stereocenters. The van der Waals surface area contributed by atoms with Gasteiger partial charge in [0.25, 0.3) is 6.43 Å². The number of hydrogen-bond acceptors (Lipinski definition) is 2. The van der Waals surface area contributed by atoms with E-state index < -0.39 is 6.43 Å². The minimum Gasteiger partial charge on any atom is -0.325 e. The fourth-order valence-corrected chi connectivity index (χ4v) is 2.97. The van der Waals surface area contributed by atoms with E-state index in [0.29, 0.717) is 7.27 Å². The van der Waals surface area contributed by atoms with Gasteiger partial charge in [0, 0.05) is 10.1 Å². The first-order valence-corrected chi connectivity index (χ1v) is 5.55. The van der Waals surface area contributed by atoms with Gasteiger partial charge in [-0.25, -0.2) is 13.8 Å². The average molecular weight is 410 g/mol. The van der Waals surface area contributed by atoms with E-state index in [9.17, 15) is 8.78 Å². The molecule has 2 N–H and O–H groups in total. The number of alkyl halides is 2. The summed E-state index contributed by atoms with van der Waals surface area (Å²) in [5, 5.41) is 0. The van der Waals surface area contributed by atoms with Crippen LogP contribution in [0.1, 0.15) is 17.7 Å². The summed E-state index contributed by atoms with van der Waals surface area (Å²) in [4.78, 5) is 3.95. The molecular weight excluding hydrogens is 404 g/mol. The van der Waals surface area contributed by atoms with Crippen molar-refractivity contribution in [3.8, 4) is 0 Å². The summed E-state index contributed by atoms with van der Waals surface area (Å²) in [5.41, 5.74) is 5.57. The third-order valence-corrected chi connectivity index (χ3v) is 2.91. The second-order valence-electron chi connectivity index (χ2n) is 2.29. The highest BCUT2D eigenvalue weighted by Crippen LogP contribution is 2.27. The van der Waals surface area contributed by atoms with Gasteiger partial charge in [-0.2, -0.15) is 0 Å². The maximum absolute atomic E-state index is 12.5. The zero-order chi connectivity index (χ0) is 10.0. The molecule has 0 fully saturated rings. The Bertz CT molecular complexity index is 318. The van der Waals surface area contributed by atoms with Crippen LogP contribution in [0.2, 0.25) is 0 Å². The van der Waals surface area contributed by atoms with Gasteiger partial charge in [-0.15, -0.1) is 0 Å². The lowest BCUT2D eigenvalue weighted by molar-refractivity contribution is 0.148. The van der Waals surface area contributed by atoms with Crippen LogP contribution in [0.25, 0.3) is 0 Å². The third kappa shape index (κ3) is 2.69. The molecule has 0 radical (unpaired) electrons. The maximum atomic E-state index is 12.5. The lowest BCUT2D eigenvalue weighted by Crippen LogP contribution is -2.08. The molecule has 0 aliphatic carbocycles. The zero-order valence-electron chi connectivity index (χ0n) is 6.40. The fraction of sp³-hybridized carbons (Fsp3) is 0.286. The summed E-state index contributed by atoms with van der Waals surface area (Å²) in [6.07, 6.45) is -2.50. The van der Waals surface area contributed by atoms with Gasteiger partial charge >= 0.3 is 0 Å². The second-order valence-corrected chi connectivity index (χ2v) is 4.56. The van der Waals surface area contributed by atoms with E-state index >= 15 is 0 Å². The van der Waals surface area contributed by atoms with Crippen LogP contribution < -0.4 is 5.73 Å². The Kier molecular flexibility index (Phi) is 4.23. The smallest absolute Gasteiger partial charge is 0.266 e. The Morgan fingerprint density at radius 1 is 1.46 bits per heavy atom. The minimum atomic E-state index is -2.50. The summed E-state index contributed by atoms with van der Waals surface area (Å²) in [6.45, 7) is 0.0481. The molecular formula is C7H6F2I2N2. The zero-order valence-corrected chi connectivity index (χ0v) is 10.7. The van der Waals surface area contributed by atoms with Crippen molar-refractivity contribution in [1.82, 2.24) is 4.98 Å². The largest absolute Gasteiger partial charge is 0.325 e. The van der Waals surface area contributed by atoms with Gasteiger partial charge < -0.3 is 5.73 Å². The standard InChI is InChI=1S/C7H6F2I2N2/c8-7(9)6-3(10)1-5(11)13-4(6)2-12/h1,7H,2,12H2. The molecule has 0 unspecified atom stereocenters. The van der Waals surface area contributed by atoms with Gasteiger partial charge in [0.05, 0.1) is 11.3 Å². The predicted octanol–water partition coefficient (Wildman–Crippen LogP) is 2.69. The van der Waals surface area contributed by atoms with E-state index in [1.807, 2.05) is 45.2 Å². The summed E-state index contributed by atoms with van der Waals surface area (Å²) in [6, 6.07) is 1.61. The van der Waals surface area contributed by atoms with Crippen molar-refractivity contribution in [2.24, 2.45) is 5.73 Å². The molecule has 0 aliphatic heterocycles. The summed E-state index contributed by atoms with van der Waals surface area (Å²) >= 11 is 3.85. The van der Waals surface area contributed by atoms with Crippen LogP contribution in [0, 0.1) is 7.27 Å². The van der Waals surface area contributed by atoms with Crippen LogP contribution in [0.5, 0.6) is 0 Å². The number of pyridine rings is 1. The Hall–Kier alpha value is 0.430. The molecule has 0 aromatic carbocycles.